The van der Waals surface area contributed by atoms with Gasteiger partial charge in [-0.1, -0.05) is 17.7 Å². The van der Waals surface area contributed by atoms with Gasteiger partial charge in [-0.3, -0.25) is 9.59 Å². The summed E-state index contributed by atoms with van der Waals surface area (Å²) in [6.07, 6.45) is 0. The third-order valence-electron chi connectivity index (χ3n) is 3.10. The summed E-state index contributed by atoms with van der Waals surface area (Å²) in [5.74, 6) is -0.184. The van der Waals surface area contributed by atoms with Crippen LogP contribution < -0.4 is 15.5 Å². The first-order valence-corrected chi connectivity index (χ1v) is 7.57. The van der Waals surface area contributed by atoms with Crippen LogP contribution in [0.25, 0.3) is 5.69 Å². The highest BCUT2D eigenvalue weighted by Gasteiger charge is 2.17. The lowest BCUT2D eigenvalue weighted by atomic mass is 10.2. The molecule has 0 spiro atoms. The number of nitrogens with one attached hydrogen (secondary N) is 1. The zero-order chi connectivity index (χ0) is 17.0. The van der Waals surface area contributed by atoms with E-state index in [9.17, 15) is 9.59 Å². The molecule has 23 heavy (non-hydrogen) atoms. The molecular weight excluding hydrogens is 294 g/mol. The van der Waals surface area contributed by atoms with Crippen molar-refractivity contribution >= 4 is 5.91 Å². The van der Waals surface area contributed by atoms with Crippen LogP contribution >= 0.6 is 0 Å². The minimum absolute atomic E-state index is 0.0805. The SMILES string of the molecule is CCOc1cc(=O)c(C(=O)NC(C)C)nn1-c1ccc(C)cc1. The molecule has 0 aliphatic rings. The third-order valence-corrected chi connectivity index (χ3v) is 3.10. The van der Waals surface area contributed by atoms with Crippen molar-refractivity contribution in [3.8, 4) is 11.6 Å². The molecule has 0 radical (unpaired) electrons. The number of carbonyl (C=O) groups excluding carboxylic acids is 1. The number of rotatable bonds is 5. The van der Waals surface area contributed by atoms with Crippen molar-refractivity contribution in [1.82, 2.24) is 15.1 Å². The van der Waals surface area contributed by atoms with E-state index in [2.05, 4.69) is 10.4 Å². The van der Waals surface area contributed by atoms with Gasteiger partial charge in [0.25, 0.3) is 5.91 Å². The van der Waals surface area contributed by atoms with Gasteiger partial charge in [0.05, 0.1) is 18.4 Å². The first-order chi connectivity index (χ1) is 10.9. The lowest BCUT2D eigenvalue weighted by molar-refractivity contribution is 0.0934. The van der Waals surface area contributed by atoms with Gasteiger partial charge < -0.3 is 10.1 Å². The number of benzene rings is 1. The maximum atomic E-state index is 12.2. The van der Waals surface area contributed by atoms with Gasteiger partial charge in [0, 0.05) is 6.04 Å². The average molecular weight is 315 g/mol. The Morgan fingerprint density at radius 3 is 2.52 bits per heavy atom. The molecule has 1 heterocycles. The van der Waals surface area contributed by atoms with Crippen LogP contribution in [0.2, 0.25) is 0 Å². The molecule has 6 heteroatoms. The Morgan fingerprint density at radius 2 is 1.96 bits per heavy atom. The van der Waals surface area contributed by atoms with Crippen LogP contribution in [0.3, 0.4) is 0 Å². The van der Waals surface area contributed by atoms with Crippen molar-refractivity contribution in [2.45, 2.75) is 33.7 Å². The predicted molar refractivity (Wildman–Crippen MR) is 88.3 cm³/mol. The second kappa shape index (κ2) is 7.09. The molecule has 1 aromatic carbocycles. The molecule has 0 atom stereocenters. The van der Waals surface area contributed by atoms with Crippen LogP contribution in [-0.4, -0.2) is 28.3 Å². The van der Waals surface area contributed by atoms with E-state index in [1.54, 1.807) is 0 Å². The van der Waals surface area contributed by atoms with Gasteiger partial charge in [-0.25, -0.2) is 4.68 Å². The normalized spacial score (nSPS) is 10.7. The van der Waals surface area contributed by atoms with E-state index >= 15 is 0 Å². The van der Waals surface area contributed by atoms with E-state index in [4.69, 9.17) is 4.74 Å². The first-order valence-electron chi connectivity index (χ1n) is 7.57. The number of hydrogen-bond acceptors (Lipinski definition) is 4. The molecule has 0 bridgehead atoms. The topological polar surface area (TPSA) is 73.2 Å². The Bertz CT molecular complexity index is 749. The molecule has 122 valence electrons. The number of nitrogens with zero attached hydrogens (tertiary/aromatic N) is 2. The van der Waals surface area contributed by atoms with Gasteiger partial charge >= 0.3 is 0 Å². The summed E-state index contributed by atoms with van der Waals surface area (Å²) in [6.45, 7) is 7.84. The number of amides is 1. The Kier molecular flexibility index (Phi) is 5.16. The first kappa shape index (κ1) is 16.7. The van der Waals surface area contributed by atoms with Crippen molar-refractivity contribution in [1.29, 1.82) is 0 Å². The molecule has 1 amide bonds. The van der Waals surface area contributed by atoms with Gasteiger partial charge in [0.15, 0.2) is 5.69 Å². The molecular formula is C17H21N3O3. The number of carbonyl (C=O) groups is 1. The average Bonchev–Trinajstić information content (AvgIpc) is 2.48. The summed E-state index contributed by atoms with van der Waals surface area (Å²) in [7, 11) is 0. The largest absolute Gasteiger partial charge is 0.478 e. The lowest BCUT2D eigenvalue weighted by Crippen LogP contribution is -2.35. The van der Waals surface area contributed by atoms with Crippen LogP contribution in [0, 0.1) is 6.92 Å². The maximum Gasteiger partial charge on any atom is 0.276 e. The van der Waals surface area contributed by atoms with Crippen LogP contribution in [0.1, 0.15) is 36.8 Å². The van der Waals surface area contributed by atoms with E-state index < -0.39 is 11.3 Å². The van der Waals surface area contributed by atoms with Crippen LogP contribution in [-0.2, 0) is 0 Å². The van der Waals surface area contributed by atoms with E-state index in [0.717, 1.165) is 11.3 Å². The molecule has 2 aromatic rings. The molecule has 1 N–H and O–H groups in total. The highest BCUT2D eigenvalue weighted by molar-refractivity contribution is 5.92. The van der Waals surface area contributed by atoms with Gasteiger partial charge in [-0.05, 0) is 39.8 Å². The Hall–Kier alpha value is -2.63. The monoisotopic (exact) mass is 315 g/mol. The van der Waals surface area contributed by atoms with Crippen molar-refractivity contribution < 1.29 is 9.53 Å². The van der Waals surface area contributed by atoms with Crippen molar-refractivity contribution in [3.63, 3.8) is 0 Å². The number of aromatic nitrogens is 2. The molecule has 0 aliphatic heterocycles. The van der Waals surface area contributed by atoms with E-state index in [-0.39, 0.29) is 11.7 Å². The minimum Gasteiger partial charge on any atom is -0.478 e. The molecule has 0 fully saturated rings. The number of aryl methyl sites for hydroxylation is 1. The minimum atomic E-state index is -0.492. The van der Waals surface area contributed by atoms with Gasteiger partial charge in [-0.2, -0.15) is 5.10 Å². The fourth-order valence-corrected chi connectivity index (χ4v) is 2.05. The zero-order valence-corrected chi connectivity index (χ0v) is 13.8. The zero-order valence-electron chi connectivity index (χ0n) is 13.8. The van der Waals surface area contributed by atoms with Crippen LogP contribution in [0.15, 0.2) is 35.1 Å². The standard InChI is InChI=1S/C17H21N3O3/c1-5-23-15-10-14(21)16(17(22)18-11(2)3)19-20(15)13-8-6-12(4)7-9-13/h6-11H,5H2,1-4H3,(H,18,22). The smallest absolute Gasteiger partial charge is 0.276 e. The van der Waals surface area contributed by atoms with E-state index in [1.165, 1.54) is 10.7 Å². The Labute approximate surface area is 135 Å². The predicted octanol–water partition coefficient (Wildman–Crippen LogP) is 2.08. The van der Waals surface area contributed by atoms with Crippen molar-refractivity contribution in [2.75, 3.05) is 6.61 Å². The molecule has 0 unspecified atom stereocenters. The summed E-state index contributed by atoms with van der Waals surface area (Å²) >= 11 is 0. The molecule has 2 rings (SSSR count). The van der Waals surface area contributed by atoms with Crippen molar-refractivity contribution in [2.24, 2.45) is 0 Å². The van der Waals surface area contributed by atoms with E-state index in [0.29, 0.717) is 12.5 Å². The number of hydrogen-bond donors (Lipinski definition) is 1. The van der Waals surface area contributed by atoms with Gasteiger partial charge in [-0.15, -0.1) is 0 Å². The maximum absolute atomic E-state index is 12.2. The van der Waals surface area contributed by atoms with Crippen LogP contribution in [0.4, 0.5) is 0 Å². The summed E-state index contributed by atoms with van der Waals surface area (Å²) in [4.78, 5) is 24.3. The fourth-order valence-electron chi connectivity index (χ4n) is 2.05. The second-order valence-corrected chi connectivity index (χ2v) is 5.50. The summed E-state index contributed by atoms with van der Waals surface area (Å²) in [5.41, 5.74) is 1.21. The highest BCUT2D eigenvalue weighted by atomic mass is 16.5. The van der Waals surface area contributed by atoms with Crippen molar-refractivity contribution in [3.05, 3.63) is 51.8 Å². The summed E-state index contributed by atoms with van der Waals surface area (Å²) < 4.78 is 6.96. The number of ether oxygens (including phenoxy) is 1. The molecule has 0 saturated heterocycles. The summed E-state index contributed by atoms with van der Waals surface area (Å²) in [5, 5.41) is 6.89. The Morgan fingerprint density at radius 1 is 1.30 bits per heavy atom. The lowest BCUT2D eigenvalue weighted by Gasteiger charge is -2.14. The van der Waals surface area contributed by atoms with Gasteiger partial charge in [0.1, 0.15) is 0 Å². The van der Waals surface area contributed by atoms with Crippen LogP contribution in [0.5, 0.6) is 5.88 Å². The highest BCUT2D eigenvalue weighted by Crippen LogP contribution is 2.16. The molecule has 1 aromatic heterocycles. The molecule has 0 saturated carbocycles. The molecule has 6 nitrogen and oxygen atoms in total. The third kappa shape index (κ3) is 3.97. The fraction of sp³-hybridized carbons (Fsp3) is 0.353. The quantitative estimate of drug-likeness (QED) is 0.917. The van der Waals surface area contributed by atoms with E-state index in [1.807, 2.05) is 52.0 Å². The second-order valence-electron chi connectivity index (χ2n) is 5.50. The Balaban J connectivity index is 2.55. The summed E-state index contributed by atoms with van der Waals surface area (Å²) in [6, 6.07) is 8.80. The molecule has 0 aliphatic carbocycles. The van der Waals surface area contributed by atoms with Gasteiger partial charge in [0.2, 0.25) is 11.3 Å².